The highest BCUT2D eigenvalue weighted by Gasteiger charge is 2.27. The molecule has 1 aromatic carbocycles. The molecule has 2 N–H and O–H groups in total. The van der Waals surface area contributed by atoms with E-state index in [1.54, 1.807) is 0 Å². The molecule has 0 aromatic heterocycles. The molecular weight excluding hydrogens is 278 g/mol. The lowest BCUT2D eigenvalue weighted by molar-refractivity contribution is -0.142. The van der Waals surface area contributed by atoms with Crippen LogP contribution in [-0.2, 0) is 11.2 Å². The van der Waals surface area contributed by atoms with Crippen LogP contribution in [0, 0.1) is 11.8 Å². The van der Waals surface area contributed by atoms with Gasteiger partial charge in [0.05, 0.1) is 5.92 Å². The van der Waals surface area contributed by atoms with Crippen molar-refractivity contribution in [1.29, 1.82) is 0 Å². The van der Waals surface area contributed by atoms with Crippen LogP contribution < -0.4 is 5.32 Å². The number of amides is 1. The van der Waals surface area contributed by atoms with Crippen molar-refractivity contribution in [2.24, 2.45) is 11.8 Å². The van der Waals surface area contributed by atoms with Crippen LogP contribution >= 0.6 is 0 Å². The molecule has 1 aromatic rings. The van der Waals surface area contributed by atoms with E-state index in [0.717, 1.165) is 25.2 Å². The Hall–Kier alpha value is -1.84. The first-order valence-electron chi connectivity index (χ1n) is 8.24. The molecule has 0 heterocycles. The predicted octanol–water partition coefficient (Wildman–Crippen LogP) is 3.01. The van der Waals surface area contributed by atoms with Crippen molar-refractivity contribution in [2.75, 3.05) is 0 Å². The zero-order valence-corrected chi connectivity index (χ0v) is 12.8. The fourth-order valence-electron chi connectivity index (χ4n) is 3.20. The molecule has 0 unspecified atom stereocenters. The fraction of sp³-hybridized carbons (Fsp3) is 0.556. The number of nitrogens with one attached hydrogen (secondary N) is 1. The maximum Gasteiger partial charge on any atom is 0.306 e. The number of carboxylic acids is 1. The second kappa shape index (κ2) is 6.51. The van der Waals surface area contributed by atoms with Crippen LogP contribution in [0.2, 0.25) is 0 Å². The topological polar surface area (TPSA) is 66.4 Å². The first-order valence-corrected chi connectivity index (χ1v) is 8.24. The van der Waals surface area contributed by atoms with Crippen molar-refractivity contribution in [3.05, 3.63) is 35.4 Å². The summed E-state index contributed by atoms with van der Waals surface area (Å²) >= 11 is 0. The molecule has 1 amide bonds. The number of hydrogen-bond acceptors (Lipinski definition) is 2. The van der Waals surface area contributed by atoms with Crippen LogP contribution in [-0.4, -0.2) is 23.0 Å². The third-order valence-corrected chi connectivity index (χ3v) is 4.85. The van der Waals surface area contributed by atoms with Gasteiger partial charge in [0.2, 0.25) is 0 Å². The number of carboxylic acid groups (broad SMARTS) is 1. The molecule has 0 radical (unpaired) electrons. The highest BCUT2D eigenvalue weighted by atomic mass is 16.4. The molecule has 2 aliphatic carbocycles. The summed E-state index contributed by atoms with van der Waals surface area (Å²) in [6, 6.07) is 8.00. The Bertz CT molecular complexity index is 540. The van der Waals surface area contributed by atoms with Gasteiger partial charge in [0, 0.05) is 11.6 Å². The zero-order chi connectivity index (χ0) is 15.5. The number of aliphatic carboxylic acids is 1. The van der Waals surface area contributed by atoms with Crippen molar-refractivity contribution in [3.8, 4) is 0 Å². The minimum absolute atomic E-state index is 0.0447. The average molecular weight is 301 g/mol. The molecule has 4 heteroatoms. The Kier molecular flexibility index (Phi) is 4.46. The largest absolute Gasteiger partial charge is 0.481 e. The standard InChI is InChI=1S/C18H23NO3/c20-17(19-16-9-7-15(8-10-16)18(21)22)14-5-3-13(4-6-14)11-12-1-2-12/h3-6,12,15-16H,1-2,7-11H2,(H,19,20)(H,21,22). The van der Waals surface area contributed by atoms with Crippen LogP contribution in [0.25, 0.3) is 0 Å². The van der Waals surface area contributed by atoms with Gasteiger partial charge in [-0.05, 0) is 68.6 Å². The van der Waals surface area contributed by atoms with E-state index < -0.39 is 5.97 Å². The van der Waals surface area contributed by atoms with Crippen LogP contribution in [0.4, 0.5) is 0 Å². The van der Waals surface area contributed by atoms with Gasteiger partial charge in [-0.25, -0.2) is 0 Å². The van der Waals surface area contributed by atoms with Crippen molar-refractivity contribution >= 4 is 11.9 Å². The van der Waals surface area contributed by atoms with E-state index in [1.165, 1.54) is 18.4 Å². The van der Waals surface area contributed by atoms with Crippen molar-refractivity contribution in [1.82, 2.24) is 5.32 Å². The minimum Gasteiger partial charge on any atom is -0.481 e. The lowest BCUT2D eigenvalue weighted by atomic mass is 9.86. The molecule has 0 spiro atoms. The van der Waals surface area contributed by atoms with Crippen LogP contribution in [0.5, 0.6) is 0 Å². The maximum absolute atomic E-state index is 12.2. The summed E-state index contributed by atoms with van der Waals surface area (Å²) in [4.78, 5) is 23.2. The van der Waals surface area contributed by atoms with Gasteiger partial charge in [-0.15, -0.1) is 0 Å². The van der Waals surface area contributed by atoms with E-state index in [4.69, 9.17) is 5.11 Å². The van der Waals surface area contributed by atoms with Gasteiger partial charge in [-0.2, -0.15) is 0 Å². The third kappa shape index (κ3) is 3.87. The van der Waals surface area contributed by atoms with E-state index in [2.05, 4.69) is 17.4 Å². The van der Waals surface area contributed by atoms with E-state index >= 15 is 0 Å². The summed E-state index contributed by atoms with van der Waals surface area (Å²) in [5.74, 6) is -0.147. The lowest BCUT2D eigenvalue weighted by Gasteiger charge is -2.26. The molecule has 4 nitrogen and oxygen atoms in total. The Morgan fingerprint density at radius 3 is 2.18 bits per heavy atom. The average Bonchev–Trinajstić information content (AvgIpc) is 3.32. The van der Waals surface area contributed by atoms with Gasteiger partial charge in [0.1, 0.15) is 0 Å². The Balaban J connectivity index is 1.50. The predicted molar refractivity (Wildman–Crippen MR) is 83.7 cm³/mol. The summed E-state index contributed by atoms with van der Waals surface area (Å²) in [5, 5.41) is 12.0. The van der Waals surface area contributed by atoms with E-state index in [9.17, 15) is 9.59 Å². The SMILES string of the molecule is O=C(NC1CCC(C(=O)O)CC1)c1ccc(CC2CC2)cc1. The first kappa shape index (κ1) is 15.1. The molecular formula is C18H23NO3. The minimum atomic E-state index is -0.712. The highest BCUT2D eigenvalue weighted by molar-refractivity contribution is 5.94. The maximum atomic E-state index is 12.2. The normalized spacial score (nSPS) is 24.7. The van der Waals surface area contributed by atoms with E-state index in [1.807, 2.05) is 12.1 Å². The molecule has 2 saturated carbocycles. The van der Waals surface area contributed by atoms with Gasteiger partial charge >= 0.3 is 5.97 Å². The summed E-state index contributed by atoms with van der Waals surface area (Å²) in [6.45, 7) is 0. The molecule has 3 rings (SSSR count). The summed E-state index contributed by atoms with van der Waals surface area (Å²) < 4.78 is 0. The van der Waals surface area contributed by atoms with Gasteiger partial charge < -0.3 is 10.4 Å². The van der Waals surface area contributed by atoms with Crippen LogP contribution in [0.3, 0.4) is 0 Å². The number of benzene rings is 1. The number of carbonyl (C=O) groups excluding carboxylic acids is 1. The van der Waals surface area contributed by atoms with Gasteiger partial charge in [-0.3, -0.25) is 9.59 Å². The number of hydrogen-bond donors (Lipinski definition) is 2. The molecule has 0 bridgehead atoms. The van der Waals surface area contributed by atoms with Gasteiger partial charge in [0.15, 0.2) is 0 Å². The molecule has 0 saturated heterocycles. The smallest absolute Gasteiger partial charge is 0.306 e. The summed E-state index contributed by atoms with van der Waals surface area (Å²) in [7, 11) is 0. The molecule has 2 aliphatic rings. The van der Waals surface area contributed by atoms with Gasteiger partial charge in [0.25, 0.3) is 5.91 Å². The molecule has 0 atom stereocenters. The Morgan fingerprint density at radius 1 is 1.00 bits per heavy atom. The monoisotopic (exact) mass is 301 g/mol. The van der Waals surface area contributed by atoms with Crippen LogP contribution in [0.15, 0.2) is 24.3 Å². The molecule has 22 heavy (non-hydrogen) atoms. The second-order valence-electron chi connectivity index (χ2n) is 6.70. The lowest BCUT2D eigenvalue weighted by Crippen LogP contribution is -2.38. The van der Waals surface area contributed by atoms with Crippen molar-refractivity contribution < 1.29 is 14.7 Å². The molecule has 2 fully saturated rings. The molecule has 118 valence electrons. The van der Waals surface area contributed by atoms with E-state index in [-0.39, 0.29) is 17.9 Å². The summed E-state index contributed by atoms with van der Waals surface area (Å²) in [5.41, 5.74) is 2.00. The van der Waals surface area contributed by atoms with Crippen molar-refractivity contribution in [3.63, 3.8) is 0 Å². The summed E-state index contributed by atoms with van der Waals surface area (Å²) in [6.07, 6.45) is 6.61. The Morgan fingerprint density at radius 2 is 1.64 bits per heavy atom. The van der Waals surface area contributed by atoms with E-state index in [0.29, 0.717) is 18.4 Å². The quantitative estimate of drug-likeness (QED) is 0.878. The Labute approximate surface area is 130 Å². The molecule has 0 aliphatic heterocycles. The highest BCUT2D eigenvalue weighted by Crippen LogP contribution is 2.32. The zero-order valence-electron chi connectivity index (χ0n) is 12.8. The second-order valence-corrected chi connectivity index (χ2v) is 6.70. The third-order valence-electron chi connectivity index (χ3n) is 4.85. The van der Waals surface area contributed by atoms with Gasteiger partial charge in [-0.1, -0.05) is 12.1 Å². The van der Waals surface area contributed by atoms with Crippen LogP contribution in [0.1, 0.15) is 54.4 Å². The van der Waals surface area contributed by atoms with Crippen molar-refractivity contribution in [2.45, 2.75) is 51.0 Å². The first-order chi connectivity index (χ1) is 10.6. The number of rotatable bonds is 5. The number of carbonyl (C=O) groups is 2. The fourth-order valence-corrected chi connectivity index (χ4v) is 3.20.